The van der Waals surface area contributed by atoms with Gasteiger partial charge in [-0.05, 0) is 32.1 Å². The summed E-state index contributed by atoms with van der Waals surface area (Å²) in [5, 5.41) is 15.9. The fraction of sp³-hybridized carbons (Fsp3) is 0.882. The quantitative estimate of drug-likeness (QED) is 0.248. The van der Waals surface area contributed by atoms with Crippen molar-refractivity contribution >= 4 is 35.8 Å². The van der Waals surface area contributed by atoms with Gasteiger partial charge in [0.25, 0.3) is 0 Å². The van der Waals surface area contributed by atoms with Gasteiger partial charge in [0.05, 0.1) is 12.6 Å². The molecular weight excluding hydrogens is 419 g/mol. The lowest BCUT2D eigenvalue weighted by molar-refractivity contribution is -0.122. The highest BCUT2D eigenvalue weighted by Crippen LogP contribution is 2.25. The second-order valence-electron chi connectivity index (χ2n) is 6.68. The lowest BCUT2D eigenvalue weighted by Crippen LogP contribution is -2.41. The Morgan fingerprint density at radius 3 is 2.58 bits per heavy atom. The monoisotopic (exact) mass is 452 g/mol. The van der Waals surface area contributed by atoms with Gasteiger partial charge in [-0.2, -0.15) is 0 Å². The first kappa shape index (κ1) is 21.5. The molecule has 1 amide bonds. The second kappa shape index (κ2) is 11.9. The van der Waals surface area contributed by atoms with Gasteiger partial charge in [-0.15, -0.1) is 24.0 Å². The minimum atomic E-state index is -0.256. The molecule has 6 nitrogen and oxygen atoms in total. The van der Waals surface area contributed by atoms with Crippen LogP contribution >= 0.6 is 24.0 Å². The van der Waals surface area contributed by atoms with Crippen LogP contribution in [0.15, 0.2) is 4.99 Å². The summed E-state index contributed by atoms with van der Waals surface area (Å²) in [6.07, 6.45) is 7.48. The zero-order valence-electron chi connectivity index (χ0n) is 14.8. The van der Waals surface area contributed by atoms with E-state index in [9.17, 15) is 9.90 Å². The molecule has 1 aliphatic carbocycles. The molecule has 7 heteroatoms. The topological polar surface area (TPSA) is 77.0 Å². The maximum Gasteiger partial charge on any atom is 0.220 e. The minimum Gasteiger partial charge on any atom is -0.391 e. The summed E-state index contributed by atoms with van der Waals surface area (Å²) in [5.41, 5.74) is 0. The van der Waals surface area contributed by atoms with Crippen molar-refractivity contribution in [3.8, 4) is 0 Å². The van der Waals surface area contributed by atoms with Crippen molar-refractivity contribution in [3.63, 3.8) is 0 Å². The first-order valence-electron chi connectivity index (χ1n) is 9.17. The van der Waals surface area contributed by atoms with Crippen molar-refractivity contribution in [2.45, 2.75) is 58.0 Å². The number of β-amino-alcohol motifs (C(OH)–C–C–N with tert-alkyl or cyclic N) is 1. The number of carbonyl (C=O) groups excluding carboxylic acids is 1. The fourth-order valence-corrected chi connectivity index (χ4v) is 3.44. The molecule has 0 aromatic carbocycles. The Bertz CT molecular complexity index is 400. The van der Waals surface area contributed by atoms with Crippen LogP contribution in [0, 0.1) is 5.92 Å². The van der Waals surface area contributed by atoms with E-state index in [1.807, 2.05) is 6.92 Å². The van der Waals surface area contributed by atoms with Crippen molar-refractivity contribution in [3.05, 3.63) is 0 Å². The molecule has 0 spiro atoms. The van der Waals surface area contributed by atoms with Gasteiger partial charge >= 0.3 is 0 Å². The van der Waals surface area contributed by atoms with E-state index < -0.39 is 0 Å². The minimum absolute atomic E-state index is 0. The third-order valence-corrected chi connectivity index (χ3v) is 4.69. The summed E-state index contributed by atoms with van der Waals surface area (Å²) >= 11 is 0. The van der Waals surface area contributed by atoms with Gasteiger partial charge in [0, 0.05) is 32.6 Å². The van der Waals surface area contributed by atoms with E-state index >= 15 is 0 Å². The second-order valence-corrected chi connectivity index (χ2v) is 6.68. The SMILES string of the molecule is CCNC(=NCCNC(=O)CC1CCCCC1)N1CC[C@@H](O)C1.I. The van der Waals surface area contributed by atoms with E-state index in [1.165, 1.54) is 32.1 Å². The predicted octanol–water partition coefficient (Wildman–Crippen LogP) is 1.72. The van der Waals surface area contributed by atoms with Crippen LogP contribution in [0.1, 0.15) is 51.9 Å². The molecule has 1 atom stereocenters. The summed E-state index contributed by atoms with van der Waals surface area (Å²) in [7, 11) is 0. The number of guanidine groups is 1. The molecule has 0 unspecified atom stereocenters. The number of carbonyl (C=O) groups is 1. The van der Waals surface area contributed by atoms with Gasteiger partial charge in [0.1, 0.15) is 0 Å². The van der Waals surface area contributed by atoms with Gasteiger partial charge in [0.15, 0.2) is 5.96 Å². The number of aliphatic hydroxyl groups excluding tert-OH is 1. The molecule has 1 saturated carbocycles. The maximum absolute atomic E-state index is 12.0. The zero-order valence-corrected chi connectivity index (χ0v) is 17.1. The Kier molecular flexibility index (Phi) is 10.6. The molecule has 2 aliphatic rings. The summed E-state index contributed by atoms with van der Waals surface area (Å²) in [6.45, 7) is 5.47. The molecule has 1 heterocycles. The molecule has 1 aliphatic heterocycles. The standard InChI is InChI=1S/C17H32N4O2.HI/c1-2-18-17(21-11-8-15(22)13-21)20-10-9-19-16(23)12-14-6-4-3-5-7-14;/h14-15,22H,2-13H2,1H3,(H,18,20)(H,19,23);1H/t15-;/m1./s1. The third kappa shape index (κ3) is 7.55. The number of rotatable bonds is 6. The van der Waals surface area contributed by atoms with E-state index in [1.54, 1.807) is 0 Å². The number of hydrogen-bond donors (Lipinski definition) is 3. The first-order valence-corrected chi connectivity index (χ1v) is 9.17. The Balaban J connectivity index is 0.00000288. The summed E-state index contributed by atoms with van der Waals surface area (Å²) < 4.78 is 0. The first-order chi connectivity index (χ1) is 11.2. The molecule has 0 radical (unpaired) electrons. The van der Waals surface area contributed by atoms with Gasteiger partial charge in [0.2, 0.25) is 5.91 Å². The summed E-state index contributed by atoms with van der Waals surface area (Å²) in [5.74, 6) is 1.58. The van der Waals surface area contributed by atoms with Crippen LogP contribution in [0.4, 0.5) is 0 Å². The van der Waals surface area contributed by atoms with Crippen LogP contribution in [-0.4, -0.2) is 60.7 Å². The van der Waals surface area contributed by atoms with Crippen LogP contribution in [0.2, 0.25) is 0 Å². The van der Waals surface area contributed by atoms with Crippen molar-refractivity contribution in [1.29, 1.82) is 0 Å². The van der Waals surface area contributed by atoms with Crippen LogP contribution in [0.3, 0.4) is 0 Å². The zero-order chi connectivity index (χ0) is 16.5. The van der Waals surface area contributed by atoms with Crippen molar-refractivity contribution in [2.75, 3.05) is 32.7 Å². The smallest absolute Gasteiger partial charge is 0.220 e. The van der Waals surface area contributed by atoms with Crippen LogP contribution < -0.4 is 10.6 Å². The molecule has 0 aromatic rings. The molecule has 24 heavy (non-hydrogen) atoms. The third-order valence-electron chi connectivity index (χ3n) is 4.69. The number of nitrogens with one attached hydrogen (secondary N) is 2. The number of likely N-dealkylation sites (tertiary alicyclic amines) is 1. The average Bonchev–Trinajstić information content (AvgIpc) is 2.98. The lowest BCUT2D eigenvalue weighted by atomic mass is 9.87. The number of halogens is 1. The van der Waals surface area contributed by atoms with Gasteiger partial charge < -0.3 is 20.6 Å². The summed E-state index contributed by atoms with van der Waals surface area (Å²) in [6, 6.07) is 0. The molecule has 1 saturated heterocycles. The molecule has 0 bridgehead atoms. The highest BCUT2D eigenvalue weighted by molar-refractivity contribution is 14.0. The van der Waals surface area contributed by atoms with E-state index in [0.717, 1.165) is 25.5 Å². The predicted molar refractivity (Wildman–Crippen MR) is 108 cm³/mol. The molecule has 140 valence electrons. The van der Waals surface area contributed by atoms with E-state index in [0.29, 0.717) is 32.0 Å². The molecular formula is C17H33IN4O2. The molecule has 3 N–H and O–H groups in total. The van der Waals surface area contributed by atoms with E-state index in [2.05, 4.69) is 20.5 Å². The van der Waals surface area contributed by atoms with Crippen molar-refractivity contribution in [2.24, 2.45) is 10.9 Å². The Labute approximate surface area is 162 Å². The van der Waals surface area contributed by atoms with E-state index in [-0.39, 0.29) is 36.0 Å². The molecule has 2 rings (SSSR count). The number of amides is 1. The summed E-state index contributed by atoms with van der Waals surface area (Å²) in [4.78, 5) is 18.6. The van der Waals surface area contributed by atoms with Crippen LogP contribution in [0.5, 0.6) is 0 Å². The Morgan fingerprint density at radius 1 is 1.21 bits per heavy atom. The highest BCUT2D eigenvalue weighted by Gasteiger charge is 2.22. The van der Waals surface area contributed by atoms with Gasteiger partial charge in [-0.25, -0.2) is 0 Å². The molecule has 2 fully saturated rings. The van der Waals surface area contributed by atoms with Gasteiger partial charge in [-0.1, -0.05) is 19.3 Å². The molecule has 0 aromatic heterocycles. The van der Waals surface area contributed by atoms with Crippen molar-refractivity contribution < 1.29 is 9.90 Å². The highest BCUT2D eigenvalue weighted by atomic mass is 127. The van der Waals surface area contributed by atoms with Crippen LogP contribution in [0.25, 0.3) is 0 Å². The number of hydrogen-bond acceptors (Lipinski definition) is 3. The number of aliphatic hydroxyl groups is 1. The largest absolute Gasteiger partial charge is 0.391 e. The normalized spacial score (nSPS) is 22.2. The van der Waals surface area contributed by atoms with Crippen LogP contribution in [-0.2, 0) is 4.79 Å². The average molecular weight is 452 g/mol. The van der Waals surface area contributed by atoms with Crippen molar-refractivity contribution in [1.82, 2.24) is 15.5 Å². The Hall–Kier alpha value is -0.570. The van der Waals surface area contributed by atoms with Gasteiger partial charge in [-0.3, -0.25) is 9.79 Å². The maximum atomic E-state index is 12.0. The fourth-order valence-electron chi connectivity index (χ4n) is 3.44. The van der Waals surface area contributed by atoms with E-state index in [4.69, 9.17) is 0 Å². The Morgan fingerprint density at radius 2 is 1.96 bits per heavy atom. The number of nitrogens with zero attached hydrogens (tertiary/aromatic N) is 2. The lowest BCUT2D eigenvalue weighted by Gasteiger charge is -2.21. The number of aliphatic imine (C=N–C) groups is 1.